The van der Waals surface area contributed by atoms with Gasteiger partial charge in [-0.15, -0.1) is 0 Å². The van der Waals surface area contributed by atoms with Gasteiger partial charge in [0.2, 0.25) is 0 Å². The minimum Gasteiger partial charge on any atom is -0.303 e. The number of rotatable bonds is 15. The fourth-order valence-corrected chi connectivity index (χ4v) is 3.17. The highest BCUT2D eigenvalue weighted by Crippen LogP contribution is 2.25. The predicted molar refractivity (Wildman–Crippen MR) is 115 cm³/mol. The average molecular weight is 401 g/mol. The zero-order valence-corrected chi connectivity index (χ0v) is 18.1. The molecule has 4 nitrogen and oxygen atoms in total. The summed E-state index contributed by atoms with van der Waals surface area (Å²) in [5.74, 6) is 0. The maximum absolute atomic E-state index is 8.88. The molecule has 1 aromatic carbocycles. The highest BCUT2D eigenvalue weighted by Gasteiger charge is 2.00. The third-order valence-electron chi connectivity index (χ3n) is 4.66. The van der Waals surface area contributed by atoms with Gasteiger partial charge in [-0.1, -0.05) is 121 Å². The summed E-state index contributed by atoms with van der Waals surface area (Å²) in [5, 5.41) is 0. The summed E-state index contributed by atoms with van der Waals surface area (Å²) < 4.78 is 8.88. The Morgan fingerprint density at radius 2 is 0.963 bits per heavy atom. The Balaban J connectivity index is 0.00000119. The van der Waals surface area contributed by atoms with E-state index in [1.54, 1.807) is 0 Å². The molecule has 0 atom stereocenters. The Bertz CT molecular complexity index is 450. The van der Waals surface area contributed by atoms with Gasteiger partial charge in [0, 0.05) is 0 Å². The molecule has 5 heteroatoms. The van der Waals surface area contributed by atoms with Crippen LogP contribution in [0.1, 0.15) is 102 Å². The van der Waals surface area contributed by atoms with E-state index >= 15 is 0 Å². The summed E-state index contributed by atoms with van der Waals surface area (Å²) >= 11 is 0. The molecule has 0 unspecified atom stereocenters. The fraction of sp³-hybridized carbons (Fsp3) is 0.727. The number of hydrogen-bond donors (Lipinski definition) is 3. The molecular weight excluding hydrogens is 359 g/mol. The molecule has 0 amide bonds. The highest BCUT2D eigenvalue weighted by atomic mass is 31.2. The lowest BCUT2D eigenvalue weighted by molar-refractivity contribution is 0.275. The van der Waals surface area contributed by atoms with Crippen LogP contribution in [0.4, 0.5) is 0 Å². The first-order valence-corrected chi connectivity index (χ1v) is 12.3. The van der Waals surface area contributed by atoms with Crippen molar-refractivity contribution in [2.75, 3.05) is 0 Å². The summed E-state index contributed by atoms with van der Waals surface area (Å²) in [7, 11) is -4.64. The van der Waals surface area contributed by atoms with Crippen molar-refractivity contribution >= 4 is 7.82 Å². The van der Waals surface area contributed by atoms with Crippen LogP contribution in [-0.2, 0) is 11.0 Å². The third kappa shape index (κ3) is 25.3. The highest BCUT2D eigenvalue weighted by molar-refractivity contribution is 7.45. The van der Waals surface area contributed by atoms with Gasteiger partial charge in [0.05, 0.1) is 0 Å². The van der Waals surface area contributed by atoms with Crippen LogP contribution in [0.25, 0.3) is 0 Å². The van der Waals surface area contributed by atoms with E-state index in [2.05, 4.69) is 37.3 Å². The van der Waals surface area contributed by atoms with E-state index in [4.69, 9.17) is 19.2 Å². The second kappa shape index (κ2) is 18.7. The van der Waals surface area contributed by atoms with E-state index in [1.807, 2.05) is 0 Å². The van der Waals surface area contributed by atoms with Crippen molar-refractivity contribution in [3.8, 4) is 0 Å². The smallest absolute Gasteiger partial charge is 0.303 e. The van der Waals surface area contributed by atoms with Gasteiger partial charge in [-0.25, -0.2) is 4.57 Å². The lowest BCUT2D eigenvalue weighted by atomic mass is 10.0. The fourth-order valence-electron chi connectivity index (χ4n) is 3.17. The molecule has 1 rings (SSSR count). The lowest BCUT2D eigenvalue weighted by Crippen LogP contribution is -1.86. The molecule has 0 saturated carbocycles. The first-order chi connectivity index (χ1) is 12.9. The largest absolute Gasteiger partial charge is 0.466 e. The SMILES string of the molecule is CCCCCCCCCCCCCCCCc1ccccc1.O=P(O)(O)O. The molecule has 158 valence electrons. The van der Waals surface area contributed by atoms with Gasteiger partial charge in [0.1, 0.15) is 0 Å². The predicted octanol–water partition coefficient (Wildman–Crippen LogP) is 6.78. The summed E-state index contributed by atoms with van der Waals surface area (Å²) in [5.41, 5.74) is 1.50. The topological polar surface area (TPSA) is 77.8 Å². The average Bonchev–Trinajstić information content (AvgIpc) is 2.61. The Kier molecular flexibility index (Phi) is 18.2. The first-order valence-electron chi connectivity index (χ1n) is 10.8. The van der Waals surface area contributed by atoms with Gasteiger partial charge in [-0.2, -0.15) is 0 Å². The van der Waals surface area contributed by atoms with Crippen molar-refractivity contribution < 1.29 is 19.2 Å². The van der Waals surface area contributed by atoms with E-state index < -0.39 is 7.82 Å². The van der Waals surface area contributed by atoms with Crippen LogP contribution in [0.3, 0.4) is 0 Å². The molecule has 0 bridgehead atoms. The van der Waals surface area contributed by atoms with Gasteiger partial charge < -0.3 is 14.7 Å². The minimum atomic E-state index is -4.64. The number of hydrogen-bond acceptors (Lipinski definition) is 1. The summed E-state index contributed by atoms with van der Waals surface area (Å²) in [6, 6.07) is 10.9. The molecule has 1 aromatic rings. The Hall–Kier alpha value is -0.670. The normalized spacial score (nSPS) is 11.1. The van der Waals surface area contributed by atoms with Crippen molar-refractivity contribution in [3.05, 3.63) is 35.9 Å². The lowest BCUT2D eigenvalue weighted by Gasteiger charge is -2.03. The van der Waals surface area contributed by atoms with Gasteiger partial charge in [-0.05, 0) is 18.4 Å². The number of unbranched alkanes of at least 4 members (excludes halogenated alkanes) is 13. The first kappa shape index (κ1) is 26.3. The van der Waals surface area contributed by atoms with Crippen molar-refractivity contribution in [1.82, 2.24) is 0 Å². The van der Waals surface area contributed by atoms with E-state index in [-0.39, 0.29) is 0 Å². The molecule has 27 heavy (non-hydrogen) atoms. The van der Waals surface area contributed by atoms with E-state index in [9.17, 15) is 0 Å². The zero-order valence-electron chi connectivity index (χ0n) is 17.2. The second-order valence-electron chi connectivity index (χ2n) is 7.35. The molecule has 0 aliphatic carbocycles. The molecule has 0 aromatic heterocycles. The van der Waals surface area contributed by atoms with Crippen molar-refractivity contribution in [3.63, 3.8) is 0 Å². The third-order valence-corrected chi connectivity index (χ3v) is 4.66. The van der Waals surface area contributed by atoms with Crippen molar-refractivity contribution in [1.29, 1.82) is 0 Å². The Labute approximate surface area is 166 Å². The van der Waals surface area contributed by atoms with Crippen molar-refractivity contribution in [2.24, 2.45) is 0 Å². The van der Waals surface area contributed by atoms with E-state index in [1.165, 1.54) is 102 Å². The molecule has 0 fully saturated rings. The van der Waals surface area contributed by atoms with Gasteiger partial charge >= 0.3 is 7.82 Å². The monoisotopic (exact) mass is 400 g/mol. The number of phosphoric acid groups is 1. The van der Waals surface area contributed by atoms with Gasteiger partial charge in [0.25, 0.3) is 0 Å². The molecule has 0 aliphatic rings. The van der Waals surface area contributed by atoms with Crippen LogP contribution in [0.15, 0.2) is 30.3 Å². The van der Waals surface area contributed by atoms with Crippen molar-refractivity contribution in [2.45, 2.75) is 103 Å². The van der Waals surface area contributed by atoms with Gasteiger partial charge in [-0.3, -0.25) is 0 Å². The summed E-state index contributed by atoms with van der Waals surface area (Å²) in [6.07, 6.45) is 21.5. The maximum atomic E-state index is 8.88. The van der Waals surface area contributed by atoms with Crippen LogP contribution in [-0.4, -0.2) is 14.7 Å². The zero-order chi connectivity index (χ0) is 20.2. The molecular formula is C22H41O4P. The molecule has 0 spiro atoms. The Morgan fingerprint density at radius 1 is 0.630 bits per heavy atom. The number of aryl methyl sites for hydroxylation is 1. The molecule has 3 N–H and O–H groups in total. The standard InChI is InChI=1S/C22H38.H3O4P/c1-2-3-4-5-6-7-8-9-10-11-12-13-14-16-19-22-20-17-15-18-21-22;1-5(2,3)4/h15,17-18,20-21H,2-14,16,19H2,1H3;(H3,1,2,3,4). The Morgan fingerprint density at radius 3 is 1.33 bits per heavy atom. The van der Waals surface area contributed by atoms with Crippen LogP contribution in [0.2, 0.25) is 0 Å². The summed E-state index contributed by atoms with van der Waals surface area (Å²) in [6.45, 7) is 2.29. The quantitative estimate of drug-likeness (QED) is 0.224. The molecule has 0 heterocycles. The van der Waals surface area contributed by atoms with Crippen LogP contribution in [0.5, 0.6) is 0 Å². The van der Waals surface area contributed by atoms with Crippen LogP contribution in [0, 0.1) is 0 Å². The van der Waals surface area contributed by atoms with E-state index in [0.717, 1.165) is 0 Å². The minimum absolute atomic E-state index is 1.26. The maximum Gasteiger partial charge on any atom is 0.466 e. The van der Waals surface area contributed by atoms with Gasteiger partial charge in [0.15, 0.2) is 0 Å². The van der Waals surface area contributed by atoms with Crippen LogP contribution < -0.4 is 0 Å². The molecule has 0 radical (unpaired) electrons. The number of benzene rings is 1. The van der Waals surface area contributed by atoms with E-state index in [0.29, 0.717) is 0 Å². The summed E-state index contributed by atoms with van der Waals surface area (Å²) in [4.78, 5) is 21.6. The second-order valence-corrected chi connectivity index (χ2v) is 8.37. The van der Waals surface area contributed by atoms with Crippen LogP contribution >= 0.6 is 7.82 Å². The molecule has 0 saturated heterocycles. The molecule has 0 aliphatic heterocycles.